The van der Waals surface area contributed by atoms with Crippen LogP contribution < -0.4 is 11.1 Å². The molecule has 1 aromatic rings. The highest BCUT2D eigenvalue weighted by Crippen LogP contribution is 2.25. The average molecular weight is 269 g/mol. The summed E-state index contributed by atoms with van der Waals surface area (Å²) in [5.74, 6) is 0.0152. The van der Waals surface area contributed by atoms with Gasteiger partial charge in [0, 0.05) is 23.4 Å². The molecule has 0 aliphatic rings. The highest BCUT2D eigenvalue weighted by Gasteiger charge is 2.18. The molecule has 3 N–H and O–H groups in total. The molecule has 1 atom stereocenters. The lowest BCUT2D eigenvalue weighted by Crippen LogP contribution is -2.30. The second-order valence-electron chi connectivity index (χ2n) is 5.69. The van der Waals surface area contributed by atoms with Crippen LogP contribution in [0.15, 0.2) is 5.38 Å². The van der Waals surface area contributed by atoms with Crippen LogP contribution in [0.2, 0.25) is 0 Å². The quantitative estimate of drug-likeness (QED) is 0.857. The molecule has 18 heavy (non-hydrogen) atoms. The van der Waals surface area contributed by atoms with E-state index in [1.54, 1.807) is 11.3 Å². The molecule has 0 radical (unpaired) electrons. The van der Waals surface area contributed by atoms with Crippen molar-refractivity contribution in [3.8, 4) is 0 Å². The number of thiazole rings is 1. The molecular formula is C13H23N3OS. The van der Waals surface area contributed by atoms with Crippen molar-refractivity contribution >= 4 is 17.2 Å². The Morgan fingerprint density at radius 1 is 1.56 bits per heavy atom. The lowest BCUT2D eigenvalue weighted by molar-refractivity contribution is -0.120. The molecule has 0 aliphatic carbocycles. The molecule has 1 amide bonds. The first-order chi connectivity index (χ1) is 8.29. The van der Waals surface area contributed by atoms with Gasteiger partial charge in [0.25, 0.3) is 0 Å². The molecule has 1 unspecified atom stereocenters. The minimum Gasteiger partial charge on any atom is -0.356 e. The summed E-state index contributed by atoms with van der Waals surface area (Å²) in [6.07, 6.45) is 1.15. The van der Waals surface area contributed by atoms with Crippen LogP contribution in [-0.4, -0.2) is 23.5 Å². The molecule has 0 saturated heterocycles. The fourth-order valence-electron chi connectivity index (χ4n) is 1.40. The van der Waals surface area contributed by atoms with Crippen molar-refractivity contribution in [2.75, 3.05) is 6.54 Å². The molecular weight excluding hydrogens is 246 g/mol. The maximum atomic E-state index is 11.7. The molecule has 0 spiro atoms. The average Bonchev–Trinajstić information content (AvgIpc) is 2.64. The molecule has 1 heterocycles. The second-order valence-corrected chi connectivity index (χ2v) is 6.54. The Bertz CT molecular complexity index is 393. The molecule has 4 nitrogen and oxygen atoms in total. The second kappa shape index (κ2) is 6.29. The minimum atomic E-state index is 0.0152. The summed E-state index contributed by atoms with van der Waals surface area (Å²) in [7, 11) is 0. The van der Waals surface area contributed by atoms with E-state index < -0.39 is 0 Å². The van der Waals surface area contributed by atoms with Crippen molar-refractivity contribution < 1.29 is 4.79 Å². The predicted octanol–water partition coefficient (Wildman–Crippen LogP) is 1.84. The molecule has 0 bridgehead atoms. The summed E-state index contributed by atoms with van der Waals surface area (Å²) in [5.41, 5.74) is 6.52. The molecule has 1 aromatic heterocycles. The van der Waals surface area contributed by atoms with Crippen molar-refractivity contribution in [3.63, 3.8) is 0 Å². The van der Waals surface area contributed by atoms with Gasteiger partial charge in [-0.25, -0.2) is 4.98 Å². The largest absolute Gasteiger partial charge is 0.356 e. The number of hydrogen-bond acceptors (Lipinski definition) is 4. The van der Waals surface area contributed by atoms with Crippen molar-refractivity contribution in [2.24, 2.45) is 5.73 Å². The van der Waals surface area contributed by atoms with Crippen molar-refractivity contribution in [1.29, 1.82) is 0 Å². The molecule has 1 rings (SSSR count). The summed E-state index contributed by atoms with van der Waals surface area (Å²) >= 11 is 1.62. The van der Waals surface area contributed by atoms with Crippen LogP contribution in [0.25, 0.3) is 0 Å². The van der Waals surface area contributed by atoms with Gasteiger partial charge in [0.05, 0.1) is 17.1 Å². The Hall–Kier alpha value is -0.940. The van der Waals surface area contributed by atoms with Gasteiger partial charge >= 0.3 is 0 Å². The smallest absolute Gasteiger partial charge is 0.226 e. The molecule has 102 valence electrons. The first kappa shape index (κ1) is 15.1. The number of hydrogen-bond donors (Lipinski definition) is 2. The minimum absolute atomic E-state index is 0.0152. The fourth-order valence-corrected chi connectivity index (χ4v) is 2.31. The van der Waals surface area contributed by atoms with E-state index >= 15 is 0 Å². The van der Waals surface area contributed by atoms with E-state index in [1.165, 1.54) is 0 Å². The first-order valence-electron chi connectivity index (χ1n) is 6.26. The van der Waals surface area contributed by atoms with Crippen LogP contribution in [-0.2, 0) is 16.6 Å². The molecule has 0 saturated carbocycles. The van der Waals surface area contributed by atoms with Crippen LogP contribution in [0.3, 0.4) is 0 Å². The maximum Gasteiger partial charge on any atom is 0.226 e. The number of nitrogens with two attached hydrogens (primary N) is 1. The predicted molar refractivity (Wildman–Crippen MR) is 75.8 cm³/mol. The maximum absolute atomic E-state index is 11.7. The normalized spacial score (nSPS) is 13.4. The third kappa shape index (κ3) is 5.14. The SMILES string of the molecule is CC(N)CCNC(=O)Cc1csc(C(C)(C)C)n1. The van der Waals surface area contributed by atoms with Gasteiger partial charge in [0.15, 0.2) is 0 Å². The Balaban J connectivity index is 2.43. The summed E-state index contributed by atoms with van der Waals surface area (Å²) in [6.45, 7) is 8.93. The van der Waals surface area contributed by atoms with E-state index in [1.807, 2.05) is 12.3 Å². The van der Waals surface area contributed by atoms with Crippen LogP contribution in [0.5, 0.6) is 0 Å². The topological polar surface area (TPSA) is 68.0 Å². The van der Waals surface area contributed by atoms with E-state index in [-0.39, 0.29) is 17.4 Å². The van der Waals surface area contributed by atoms with Gasteiger partial charge in [-0.3, -0.25) is 4.79 Å². The number of nitrogens with zero attached hydrogens (tertiary/aromatic N) is 1. The van der Waals surface area contributed by atoms with Gasteiger partial charge in [-0.05, 0) is 13.3 Å². The van der Waals surface area contributed by atoms with Gasteiger partial charge in [-0.1, -0.05) is 20.8 Å². The molecule has 5 heteroatoms. The Morgan fingerprint density at radius 2 is 2.22 bits per heavy atom. The highest BCUT2D eigenvalue weighted by molar-refractivity contribution is 7.09. The summed E-state index contributed by atoms with van der Waals surface area (Å²) in [6, 6.07) is 0.122. The van der Waals surface area contributed by atoms with Crippen molar-refractivity contribution in [3.05, 3.63) is 16.1 Å². The Kier molecular flexibility index (Phi) is 5.28. The van der Waals surface area contributed by atoms with Crippen LogP contribution in [0.1, 0.15) is 44.8 Å². The van der Waals surface area contributed by atoms with Gasteiger partial charge in [-0.2, -0.15) is 0 Å². The monoisotopic (exact) mass is 269 g/mol. The van der Waals surface area contributed by atoms with E-state index in [0.29, 0.717) is 13.0 Å². The van der Waals surface area contributed by atoms with Gasteiger partial charge < -0.3 is 11.1 Å². The number of carbonyl (C=O) groups is 1. The van der Waals surface area contributed by atoms with E-state index in [2.05, 4.69) is 31.1 Å². The standard InChI is InChI=1S/C13H23N3OS/c1-9(14)5-6-15-11(17)7-10-8-18-12(16-10)13(2,3)4/h8-9H,5-7,14H2,1-4H3,(H,15,17). The van der Waals surface area contributed by atoms with Crippen LogP contribution in [0.4, 0.5) is 0 Å². The summed E-state index contributed by atoms with van der Waals surface area (Å²) < 4.78 is 0. The Morgan fingerprint density at radius 3 is 2.72 bits per heavy atom. The zero-order valence-electron chi connectivity index (χ0n) is 11.6. The van der Waals surface area contributed by atoms with Gasteiger partial charge in [0.2, 0.25) is 5.91 Å². The lowest BCUT2D eigenvalue weighted by atomic mass is 9.98. The zero-order valence-corrected chi connectivity index (χ0v) is 12.4. The number of rotatable bonds is 5. The number of carbonyl (C=O) groups excluding carboxylic acids is 1. The third-order valence-corrected chi connectivity index (χ3v) is 3.77. The molecule has 0 aliphatic heterocycles. The van der Waals surface area contributed by atoms with E-state index in [9.17, 15) is 4.79 Å². The van der Waals surface area contributed by atoms with E-state index in [0.717, 1.165) is 17.1 Å². The Labute approximate surface area is 113 Å². The van der Waals surface area contributed by atoms with Gasteiger partial charge in [0.1, 0.15) is 0 Å². The van der Waals surface area contributed by atoms with Crippen LogP contribution >= 0.6 is 11.3 Å². The fraction of sp³-hybridized carbons (Fsp3) is 0.692. The third-order valence-electron chi connectivity index (χ3n) is 2.46. The van der Waals surface area contributed by atoms with E-state index in [4.69, 9.17) is 5.73 Å². The van der Waals surface area contributed by atoms with Crippen LogP contribution in [0, 0.1) is 0 Å². The molecule has 0 aromatic carbocycles. The molecule has 0 fully saturated rings. The summed E-state index contributed by atoms with van der Waals surface area (Å²) in [5, 5.41) is 5.89. The number of nitrogens with one attached hydrogen (secondary N) is 1. The van der Waals surface area contributed by atoms with Gasteiger partial charge in [-0.15, -0.1) is 11.3 Å². The lowest BCUT2D eigenvalue weighted by Gasteiger charge is -2.13. The summed E-state index contributed by atoms with van der Waals surface area (Å²) in [4.78, 5) is 16.2. The number of amides is 1. The first-order valence-corrected chi connectivity index (χ1v) is 7.14. The van der Waals surface area contributed by atoms with Crippen molar-refractivity contribution in [1.82, 2.24) is 10.3 Å². The highest BCUT2D eigenvalue weighted by atomic mass is 32.1. The zero-order chi connectivity index (χ0) is 13.8. The number of aromatic nitrogens is 1. The van der Waals surface area contributed by atoms with Crippen molar-refractivity contribution in [2.45, 2.75) is 52.0 Å².